The van der Waals surface area contributed by atoms with Crippen LogP contribution in [-0.2, 0) is 14.3 Å². The zero-order valence-corrected chi connectivity index (χ0v) is 35.6. The van der Waals surface area contributed by atoms with Crippen LogP contribution in [0.2, 0.25) is 0 Å². The van der Waals surface area contributed by atoms with E-state index in [0.717, 1.165) is 0 Å². The number of primary amides is 1. The van der Waals surface area contributed by atoms with Gasteiger partial charge in [0, 0.05) is 85.2 Å². The van der Waals surface area contributed by atoms with Crippen molar-refractivity contribution in [2.75, 3.05) is 48.0 Å². The van der Waals surface area contributed by atoms with Crippen LogP contribution in [0.15, 0.2) is 84.9 Å². The van der Waals surface area contributed by atoms with E-state index in [4.69, 9.17) is 19.9 Å². The van der Waals surface area contributed by atoms with Crippen LogP contribution < -0.4 is 15.2 Å². The molecular formula is C48H43N7O9. The predicted molar refractivity (Wildman–Crippen MR) is 236 cm³/mol. The lowest BCUT2D eigenvalue weighted by Gasteiger charge is -2.13. The first-order chi connectivity index (χ1) is 30.6. The highest BCUT2D eigenvalue weighted by atomic mass is 16.5. The minimum absolute atomic E-state index is 0.105. The topological polar surface area (TPSA) is 220 Å². The summed E-state index contributed by atoms with van der Waals surface area (Å²) in [5.41, 5.74) is 5.88. The van der Waals surface area contributed by atoms with Gasteiger partial charge in [0.25, 0.3) is 17.7 Å². The average Bonchev–Trinajstić information content (AvgIpc) is 3.73. The van der Waals surface area contributed by atoms with Crippen molar-refractivity contribution in [2.24, 2.45) is 5.73 Å². The molecule has 2 aromatic heterocycles. The normalized spacial score (nSPS) is 17.8. The fourth-order valence-electron chi connectivity index (χ4n) is 7.04. The maximum Gasteiger partial charge on any atom is 0.357 e. The van der Waals surface area contributed by atoms with Gasteiger partial charge in [-0.25, -0.2) is 24.7 Å². The Morgan fingerprint density at radius 1 is 0.688 bits per heavy atom. The van der Waals surface area contributed by atoms with Gasteiger partial charge in [-0.3, -0.25) is 14.4 Å². The highest BCUT2D eigenvalue weighted by Crippen LogP contribution is 2.29. The fraction of sp³-hybridized carbons (Fsp3) is 0.250. The Morgan fingerprint density at radius 2 is 1.14 bits per heavy atom. The number of nitrogens with two attached hydrogens (primary N) is 1. The molecule has 324 valence electrons. The molecule has 4 aromatic carbocycles. The monoisotopic (exact) mass is 861 g/mol. The third-order valence-corrected chi connectivity index (χ3v) is 10.6. The van der Waals surface area contributed by atoms with Crippen molar-refractivity contribution in [3.63, 3.8) is 0 Å². The molecule has 2 aliphatic heterocycles. The molecular weight excluding hydrogens is 819 g/mol. The van der Waals surface area contributed by atoms with Crippen LogP contribution in [0.3, 0.4) is 0 Å². The summed E-state index contributed by atoms with van der Waals surface area (Å²) >= 11 is 0. The molecule has 6 aromatic rings. The number of fused-ring (bicyclic) bond motifs is 2. The van der Waals surface area contributed by atoms with Gasteiger partial charge in [0.1, 0.15) is 17.2 Å². The van der Waals surface area contributed by atoms with Crippen LogP contribution in [0.4, 0.5) is 0 Å². The Hall–Kier alpha value is -7.92. The highest BCUT2D eigenvalue weighted by molar-refractivity contribution is 6.04. The molecule has 8 rings (SSSR count). The van der Waals surface area contributed by atoms with Crippen molar-refractivity contribution in [1.29, 1.82) is 0 Å². The number of rotatable bonds is 7. The molecule has 4 N–H and O–H groups in total. The van der Waals surface area contributed by atoms with E-state index in [2.05, 4.69) is 43.6 Å². The lowest BCUT2D eigenvalue weighted by atomic mass is 10.0. The van der Waals surface area contributed by atoms with Crippen LogP contribution in [0, 0.1) is 23.7 Å². The number of likely N-dealkylation sites (tertiary alicyclic amines) is 2. The van der Waals surface area contributed by atoms with E-state index < -0.39 is 34.9 Å². The van der Waals surface area contributed by atoms with Crippen molar-refractivity contribution in [3.05, 3.63) is 107 Å². The molecule has 2 aliphatic rings. The molecule has 0 bridgehead atoms. The number of ether oxygens (including phenoxy) is 3. The van der Waals surface area contributed by atoms with Gasteiger partial charge in [0.15, 0.2) is 17.3 Å². The van der Waals surface area contributed by atoms with Crippen LogP contribution in [0.5, 0.6) is 11.5 Å². The number of amides is 3. The minimum atomic E-state index is -1.68. The number of carbonyl (C=O) groups excluding carboxylic acids is 4. The number of benzene rings is 4. The maximum atomic E-state index is 12.6. The van der Waals surface area contributed by atoms with Gasteiger partial charge in [-0.05, 0) is 55.5 Å². The first-order valence-corrected chi connectivity index (χ1v) is 20.1. The number of aliphatic hydroxyl groups is 2. The second-order valence-corrected chi connectivity index (χ2v) is 15.0. The number of hydrogen-bond acceptors (Lipinski definition) is 13. The van der Waals surface area contributed by atoms with Crippen molar-refractivity contribution < 1.29 is 43.6 Å². The SMILES string of the molecule is CCOC(=O)c1nc(-c2cccc(C#C[C@]3(O)CCN(C)C3=O)c2)nc2cc(OC)ccc12.COc1ccc2c(C(N)=O)nc(-c3cccc(C#C[C@]4(O)CCN(C)C4=O)c3)nc2c1. The van der Waals surface area contributed by atoms with Crippen molar-refractivity contribution in [2.45, 2.75) is 31.0 Å². The number of hydrogen-bond donors (Lipinski definition) is 3. The van der Waals surface area contributed by atoms with Gasteiger partial charge < -0.3 is 40.0 Å². The molecule has 64 heavy (non-hydrogen) atoms. The molecule has 0 aliphatic carbocycles. The molecule has 16 heteroatoms. The summed E-state index contributed by atoms with van der Waals surface area (Å²) < 4.78 is 15.7. The number of likely N-dealkylation sites (N-methyl/N-ethyl adjacent to an activating group) is 2. The molecule has 2 fully saturated rings. The highest BCUT2D eigenvalue weighted by Gasteiger charge is 2.43. The van der Waals surface area contributed by atoms with Crippen molar-refractivity contribution in [3.8, 4) is 58.0 Å². The summed E-state index contributed by atoms with van der Waals surface area (Å²) in [5, 5.41) is 22.1. The number of esters is 1. The first kappa shape index (κ1) is 44.1. The van der Waals surface area contributed by atoms with Crippen LogP contribution in [-0.4, -0.2) is 123 Å². The third-order valence-electron chi connectivity index (χ3n) is 10.6. The molecule has 2 saturated heterocycles. The number of carbonyl (C=O) groups is 4. The van der Waals surface area contributed by atoms with E-state index in [1.54, 1.807) is 120 Å². The Morgan fingerprint density at radius 3 is 1.55 bits per heavy atom. The van der Waals surface area contributed by atoms with Crippen LogP contribution >= 0.6 is 0 Å². The summed E-state index contributed by atoms with van der Waals surface area (Å²) in [5.74, 6) is 10.9. The van der Waals surface area contributed by atoms with Crippen molar-refractivity contribution in [1.82, 2.24) is 29.7 Å². The summed E-state index contributed by atoms with van der Waals surface area (Å²) in [7, 11) is 6.36. The fourth-order valence-corrected chi connectivity index (χ4v) is 7.04. The Balaban J connectivity index is 0.000000192. The molecule has 3 amide bonds. The van der Waals surface area contributed by atoms with E-state index in [0.29, 0.717) is 80.3 Å². The second kappa shape index (κ2) is 18.2. The molecule has 0 unspecified atom stereocenters. The van der Waals surface area contributed by atoms with E-state index in [-0.39, 0.29) is 30.8 Å². The number of methoxy groups -OCH3 is 2. The smallest absolute Gasteiger partial charge is 0.357 e. The molecule has 0 spiro atoms. The van der Waals surface area contributed by atoms with Crippen LogP contribution in [0.25, 0.3) is 44.6 Å². The molecule has 2 atom stereocenters. The molecule has 4 heterocycles. The number of nitrogens with zero attached hydrogens (tertiary/aromatic N) is 6. The summed E-state index contributed by atoms with van der Waals surface area (Å²) in [6.07, 6.45) is 0.514. The zero-order chi connectivity index (χ0) is 45.8. The van der Waals surface area contributed by atoms with Gasteiger partial charge in [-0.2, -0.15) is 0 Å². The van der Waals surface area contributed by atoms with Gasteiger partial charge in [-0.15, -0.1) is 0 Å². The minimum Gasteiger partial charge on any atom is -0.497 e. The maximum absolute atomic E-state index is 12.6. The largest absolute Gasteiger partial charge is 0.497 e. The predicted octanol–water partition coefficient (Wildman–Crippen LogP) is 3.78. The van der Waals surface area contributed by atoms with Crippen LogP contribution in [0.1, 0.15) is 51.9 Å². The zero-order valence-electron chi connectivity index (χ0n) is 35.6. The lowest BCUT2D eigenvalue weighted by Crippen LogP contribution is -2.37. The molecule has 0 saturated carbocycles. The third kappa shape index (κ3) is 9.14. The Kier molecular flexibility index (Phi) is 12.6. The average molecular weight is 862 g/mol. The Bertz CT molecular complexity index is 2990. The van der Waals surface area contributed by atoms with E-state index >= 15 is 0 Å². The van der Waals surface area contributed by atoms with E-state index in [1.807, 2.05) is 0 Å². The second-order valence-electron chi connectivity index (χ2n) is 15.0. The van der Waals surface area contributed by atoms with E-state index in [1.165, 1.54) is 9.80 Å². The van der Waals surface area contributed by atoms with Gasteiger partial charge in [0.05, 0.1) is 31.9 Å². The van der Waals surface area contributed by atoms with Gasteiger partial charge >= 0.3 is 5.97 Å². The van der Waals surface area contributed by atoms with Crippen molar-refractivity contribution >= 4 is 45.5 Å². The molecule has 16 nitrogen and oxygen atoms in total. The quantitative estimate of drug-likeness (QED) is 0.154. The summed E-state index contributed by atoms with van der Waals surface area (Å²) in [4.78, 5) is 69.7. The lowest BCUT2D eigenvalue weighted by molar-refractivity contribution is -0.138. The first-order valence-electron chi connectivity index (χ1n) is 20.1. The van der Waals surface area contributed by atoms with Gasteiger partial charge in [0.2, 0.25) is 11.2 Å². The standard InChI is InChI=1S/C25H23N3O5.C23H20N4O4/c1-4-33-23(29)21-19-9-8-18(32-3)15-20(19)26-22(27-21)17-7-5-6-16(14-17)10-11-25(31)12-13-28(2)24(25)30;1-27-11-10-23(30,22(27)29)9-8-14-4-3-5-15(12-14)21-25-18-13-16(31-2)6-7-17(18)19(26-21)20(24)28/h5-9,14-15,31H,4,12-13H2,1-3H3;3-7,12-13,30H,10-11H2,1-2H3,(H2,24,28)/t25-;23-/m00/s1. The Labute approximate surface area is 368 Å². The molecule has 0 radical (unpaired) electrons. The van der Waals surface area contributed by atoms with E-state index in [9.17, 15) is 29.4 Å². The summed E-state index contributed by atoms with van der Waals surface area (Å²) in [6.45, 7) is 2.86. The summed E-state index contributed by atoms with van der Waals surface area (Å²) in [6, 6.07) is 24.4. The van der Waals surface area contributed by atoms with Gasteiger partial charge in [-0.1, -0.05) is 47.9 Å². The number of aromatic nitrogens is 4.